The summed E-state index contributed by atoms with van der Waals surface area (Å²) in [5.74, 6) is 1.59. The van der Waals surface area contributed by atoms with Gasteiger partial charge in [0, 0.05) is 41.2 Å². The molecule has 0 bridgehead atoms. The second-order valence-corrected chi connectivity index (χ2v) is 8.26. The van der Waals surface area contributed by atoms with Gasteiger partial charge in [-0.3, -0.25) is 4.68 Å². The molecule has 1 aromatic carbocycles. The summed E-state index contributed by atoms with van der Waals surface area (Å²) < 4.78 is 8.53. The molecule has 2 heterocycles. The van der Waals surface area contributed by atoms with E-state index in [0.717, 1.165) is 25.3 Å². The molecular weight excluding hydrogens is 322 g/mol. The van der Waals surface area contributed by atoms with Gasteiger partial charge in [0.25, 0.3) is 0 Å². The lowest BCUT2D eigenvalue weighted by molar-refractivity contribution is 0.269. The Hall–Kier alpha value is -1.97. The second-order valence-electron chi connectivity index (χ2n) is 8.26. The van der Waals surface area contributed by atoms with Gasteiger partial charge in [0.15, 0.2) is 0 Å². The molecule has 4 heteroatoms. The minimum absolute atomic E-state index is 0.512. The minimum Gasteiger partial charge on any atom is -0.492 e. The third kappa shape index (κ3) is 3.22. The van der Waals surface area contributed by atoms with Crippen molar-refractivity contribution >= 4 is 5.69 Å². The number of hydrogen-bond donors (Lipinski definition) is 0. The van der Waals surface area contributed by atoms with E-state index in [0.29, 0.717) is 18.0 Å². The molecule has 2 aromatic rings. The molecule has 0 radical (unpaired) electrons. The Bertz CT molecular complexity index is 776. The predicted octanol–water partition coefficient (Wildman–Crippen LogP) is 5.08. The van der Waals surface area contributed by atoms with Crippen molar-refractivity contribution in [3.05, 3.63) is 30.1 Å². The van der Waals surface area contributed by atoms with E-state index < -0.39 is 0 Å². The largest absolute Gasteiger partial charge is 0.492 e. The number of nitrogens with zero attached hydrogens (tertiary/aromatic N) is 3. The molecule has 0 saturated heterocycles. The Balaban J connectivity index is 1.77. The highest BCUT2D eigenvalue weighted by Crippen LogP contribution is 2.43. The predicted molar refractivity (Wildman–Crippen MR) is 107 cm³/mol. The summed E-state index contributed by atoms with van der Waals surface area (Å²) >= 11 is 0. The SMILES string of the molecule is CCN1c2ccc(-c3cnn(C4CC4)c3)c(OCC(C)C)c2CC[C@@H]1C. The van der Waals surface area contributed by atoms with Crippen LogP contribution in [0.25, 0.3) is 11.1 Å². The summed E-state index contributed by atoms with van der Waals surface area (Å²) in [6.45, 7) is 10.8. The molecule has 0 amide bonds. The van der Waals surface area contributed by atoms with Gasteiger partial charge in [0.2, 0.25) is 0 Å². The van der Waals surface area contributed by atoms with E-state index in [4.69, 9.17) is 4.74 Å². The number of aromatic nitrogens is 2. The molecule has 0 N–H and O–H groups in total. The molecule has 1 aromatic heterocycles. The van der Waals surface area contributed by atoms with E-state index in [2.05, 4.69) is 60.7 Å². The summed E-state index contributed by atoms with van der Waals surface area (Å²) in [6, 6.07) is 5.73. The molecule has 1 atom stereocenters. The lowest BCUT2D eigenvalue weighted by Crippen LogP contribution is -2.37. The Kier molecular flexibility index (Phi) is 4.68. The van der Waals surface area contributed by atoms with Crippen molar-refractivity contribution in [3.8, 4) is 16.9 Å². The molecule has 1 aliphatic carbocycles. The quantitative estimate of drug-likeness (QED) is 0.725. The van der Waals surface area contributed by atoms with Gasteiger partial charge >= 0.3 is 0 Å². The van der Waals surface area contributed by atoms with E-state index in [1.165, 1.54) is 41.6 Å². The van der Waals surface area contributed by atoms with Crippen molar-refractivity contribution in [2.75, 3.05) is 18.1 Å². The normalized spacial score (nSPS) is 19.7. The second kappa shape index (κ2) is 6.98. The summed E-state index contributed by atoms with van der Waals surface area (Å²) in [5.41, 5.74) is 5.10. The Labute approximate surface area is 157 Å². The van der Waals surface area contributed by atoms with Crippen LogP contribution in [0.5, 0.6) is 5.75 Å². The number of rotatable bonds is 6. The lowest BCUT2D eigenvalue weighted by atomic mass is 9.92. The van der Waals surface area contributed by atoms with Gasteiger partial charge in [0.1, 0.15) is 5.75 Å². The maximum absolute atomic E-state index is 6.40. The van der Waals surface area contributed by atoms with Crippen molar-refractivity contribution in [1.82, 2.24) is 9.78 Å². The molecule has 4 rings (SSSR count). The fourth-order valence-corrected chi connectivity index (χ4v) is 4.01. The summed E-state index contributed by atoms with van der Waals surface area (Å²) in [6.07, 6.45) is 8.99. The molecule has 26 heavy (non-hydrogen) atoms. The zero-order valence-electron chi connectivity index (χ0n) is 16.5. The Morgan fingerprint density at radius 3 is 2.73 bits per heavy atom. The fraction of sp³-hybridized carbons (Fsp3) is 0.591. The summed E-state index contributed by atoms with van der Waals surface area (Å²) in [5, 5.41) is 4.60. The summed E-state index contributed by atoms with van der Waals surface area (Å²) in [4.78, 5) is 2.51. The van der Waals surface area contributed by atoms with Crippen LogP contribution in [0.2, 0.25) is 0 Å². The van der Waals surface area contributed by atoms with Crippen LogP contribution in [0.15, 0.2) is 24.5 Å². The molecule has 0 unspecified atom stereocenters. The van der Waals surface area contributed by atoms with E-state index in [1.807, 2.05) is 6.20 Å². The first kappa shape index (κ1) is 17.4. The van der Waals surface area contributed by atoms with Crippen molar-refractivity contribution in [3.63, 3.8) is 0 Å². The van der Waals surface area contributed by atoms with Crippen LogP contribution in [0.1, 0.15) is 58.6 Å². The van der Waals surface area contributed by atoms with Gasteiger partial charge < -0.3 is 9.64 Å². The standard InChI is InChI=1S/C22H31N3O/c1-5-24-16(4)6-9-20-21(24)11-10-19(22(20)26-14-15(2)3)17-12-23-25(13-17)18-7-8-18/h10-13,15-16,18H,5-9,14H2,1-4H3/t16-/m0/s1. The van der Waals surface area contributed by atoms with Crippen LogP contribution >= 0.6 is 0 Å². The Morgan fingerprint density at radius 1 is 1.23 bits per heavy atom. The van der Waals surface area contributed by atoms with Gasteiger partial charge in [-0.1, -0.05) is 13.8 Å². The van der Waals surface area contributed by atoms with Crippen molar-refractivity contribution < 1.29 is 4.74 Å². The van der Waals surface area contributed by atoms with Crippen molar-refractivity contribution in [1.29, 1.82) is 0 Å². The van der Waals surface area contributed by atoms with Crippen LogP contribution in [-0.2, 0) is 6.42 Å². The molecule has 1 fully saturated rings. The molecule has 2 aliphatic rings. The molecule has 4 nitrogen and oxygen atoms in total. The van der Waals surface area contributed by atoms with Gasteiger partial charge in [-0.15, -0.1) is 0 Å². The van der Waals surface area contributed by atoms with E-state index in [9.17, 15) is 0 Å². The maximum atomic E-state index is 6.40. The number of benzene rings is 1. The van der Waals surface area contributed by atoms with Gasteiger partial charge in [-0.05, 0) is 57.6 Å². The number of anilines is 1. The first-order valence-electron chi connectivity index (χ1n) is 10.2. The zero-order chi connectivity index (χ0) is 18.3. The van der Waals surface area contributed by atoms with Crippen LogP contribution in [0.4, 0.5) is 5.69 Å². The minimum atomic E-state index is 0.512. The van der Waals surface area contributed by atoms with Crippen LogP contribution in [0.3, 0.4) is 0 Å². The first-order valence-corrected chi connectivity index (χ1v) is 10.2. The topological polar surface area (TPSA) is 30.3 Å². The van der Waals surface area contributed by atoms with E-state index >= 15 is 0 Å². The third-order valence-corrected chi connectivity index (χ3v) is 5.62. The smallest absolute Gasteiger partial charge is 0.132 e. The van der Waals surface area contributed by atoms with Crippen molar-refractivity contribution in [2.45, 2.75) is 65.5 Å². The van der Waals surface area contributed by atoms with E-state index in [1.54, 1.807) is 0 Å². The van der Waals surface area contributed by atoms with Crippen molar-refractivity contribution in [2.24, 2.45) is 5.92 Å². The van der Waals surface area contributed by atoms with Gasteiger partial charge in [0.05, 0.1) is 18.8 Å². The highest BCUT2D eigenvalue weighted by Gasteiger charge is 2.28. The molecular formula is C22H31N3O. The van der Waals surface area contributed by atoms with Crippen LogP contribution in [-0.4, -0.2) is 29.0 Å². The Morgan fingerprint density at radius 2 is 2.04 bits per heavy atom. The fourth-order valence-electron chi connectivity index (χ4n) is 4.01. The van der Waals surface area contributed by atoms with Crippen LogP contribution < -0.4 is 9.64 Å². The number of ether oxygens (including phenoxy) is 1. The number of hydrogen-bond acceptors (Lipinski definition) is 3. The third-order valence-electron chi connectivity index (χ3n) is 5.62. The van der Waals surface area contributed by atoms with Crippen LogP contribution in [0, 0.1) is 5.92 Å². The lowest BCUT2D eigenvalue weighted by Gasteiger charge is -2.37. The highest BCUT2D eigenvalue weighted by molar-refractivity contribution is 5.77. The monoisotopic (exact) mass is 353 g/mol. The molecule has 0 spiro atoms. The molecule has 140 valence electrons. The number of fused-ring (bicyclic) bond motifs is 1. The van der Waals surface area contributed by atoms with Gasteiger partial charge in [-0.2, -0.15) is 5.10 Å². The van der Waals surface area contributed by atoms with E-state index in [-0.39, 0.29) is 0 Å². The highest BCUT2D eigenvalue weighted by atomic mass is 16.5. The summed E-state index contributed by atoms with van der Waals surface area (Å²) in [7, 11) is 0. The molecule has 1 saturated carbocycles. The zero-order valence-corrected chi connectivity index (χ0v) is 16.5. The van der Waals surface area contributed by atoms with Gasteiger partial charge in [-0.25, -0.2) is 0 Å². The maximum Gasteiger partial charge on any atom is 0.132 e. The molecule has 1 aliphatic heterocycles. The first-order chi connectivity index (χ1) is 12.6. The average molecular weight is 354 g/mol. The average Bonchev–Trinajstić information content (AvgIpc) is 3.36.